The molecule has 33 heavy (non-hydrogen) atoms. The molecule has 8 heteroatoms. The molecular formula is C25H34ClN3O3S. The second-order valence-corrected chi connectivity index (χ2v) is 11.4. The number of aryl methyl sites for hydroxylation is 3. The maximum atomic E-state index is 13.3. The third kappa shape index (κ3) is 5.77. The van der Waals surface area contributed by atoms with E-state index in [0.29, 0.717) is 42.4 Å². The monoisotopic (exact) mass is 491 g/mol. The molecule has 1 unspecified atom stereocenters. The van der Waals surface area contributed by atoms with Crippen molar-refractivity contribution in [2.45, 2.75) is 44.6 Å². The summed E-state index contributed by atoms with van der Waals surface area (Å²) in [5, 5.41) is 3.73. The minimum Gasteiger partial charge on any atom is -0.354 e. The van der Waals surface area contributed by atoms with E-state index in [1.807, 2.05) is 76.2 Å². The number of sulfonamides is 1. The molecule has 1 heterocycles. The average Bonchev–Trinajstić information content (AvgIpc) is 2.74. The van der Waals surface area contributed by atoms with E-state index in [-0.39, 0.29) is 17.9 Å². The van der Waals surface area contributed by atoms with Crippen molar-refractivity contribution >= 4 is 27.5 Å². The molecule has 1 aliphatic rings. The van der Waals surface area contributed by atoms with Crippen LogP contribution in [0.3, 0.4) is 0 Å². The van der Waals surface area contributed by atoms with Crippen molar-refractivity contribution in [3.8, 4) is 0 Å². The summed E-state index contributed by atoms with van der Waals surface area (Å²) in [6.45, 7) is 6.77. The Morgan fingerprint density at radius 1 is 1.12 bits per heavy atom. The standard InChI is InChI=1S/C25H34ClN3O3S/c1-17-14-18(2)24(19(3)15-17)33(31,32)29-12-10-20(11-13-29)25(30)27-16-23(28(4)5)21-8-6-7-9-22(21)26/h6-9,14-15,20,23H,10-13,16H2,1-5H3,(H,27,30). The van der Waals surface area contributed by atoms with Crippen LogP contribution in [0.5, 0.6) is 0 Å². The summed E-state index contributed by atoms with van der Waals surface area (Å²) < 4.78 is 28.1. The maximum absolute atomic E-state index is 13.3. The molecule has 6 nitrogen and oxygen atoms in total. The fraction of sp³-hybridized carbons (Fsp3) is 0.480. The molecule has 0 aliphatic carbocycles. The predicted octanol–water partition coefficient (Wildman–Crippen LogP) is 4.09. The van der Waals surface area contributed by atoms with Crippen LogP contribution < -0.4 is 5.32 Å². The van der Waals surface area contributed by atoms with Gasteiger partial charge in [-0.15, -0.1) is 0 Å². The number of amides is 1. The van der Waals surface area contributed by atoms with Crippen molar-refractivity contribution in [2.75, 3.05) is 33.7 Å². The molecule has 0 spiro atoms. The van der Waals surface area contributed by atoms with Crippen molar-refractivity contribution in [1.29, 1.82) is 0 Å². The van der Waals surface area contributed by atoms with Crippen molar-refractivity contribution in [2.24, 2.45) is 5.92 Å². The number of hydrogen-bond donors (Lipinski definition) is 1. The first-order valence-corrected chi connectivity index (χ1v) is 13.1. The highest BCUT2D eigenvalue weighted by molar-refractivity contribution is 7.89. The lowest BCUT2D eigenvalue weighted by Crippen LogP contribution is -2.44. The van der Waals surface area contributed by atoms with Gasteiger partial charge in [-0.1, -0.05) is 47.5 Å². The second-order valence-electron chi connectivity index (χ2n) is 9.15. The normalized spacial score (nSPS) is 16.7. The Balaban J connectivity index is 1.63. The molecule has 2 aromatic rings. The zero-order valence-corrected chi connectivity index (χ0v) is 21.6. The van der Waals surface area contributed by atoms with Gasteiger partial charge in [-0.3, -0.25) is 4.79 Å². The van der Waals surface area contributed by atoms with Crippen LogP contribution in [0.4, 0.5) is 0 Å². The van der Waals surface area contributed by atoms with E-state index in [1.54, 1.807) is 0 Å². The Kier molecular flexibility index (Phi) is 8.22. The highest BCUT2D eigenvalue weighted by Crippen LogP contribution is 2.29. The SMILES string of the molecule is Cc1cc(C)c(S(=O)(=O)N2CCC(C(=O)NCC(c3ccccc3Cl)N(C)C)CC2)c(C)c1. The first-order chi connectivity index (χ1) is 15.5. The number of carbonyl (C=O) groups excluding carboxylic acids is 1. The van der Waals surface area contributed by atoms with Gasteiger partial charge in [0, 0.05) is 30.6 Å². The van der Waals surface area contributed by atoms with E-state index in [4.69, 9.17) is 11.6 Å². The first-order valence-electron chi connectivity index (χ1n) is 11.3. The average molecular weight is 492 g/mol. The molecule has 1 N–H and O–H groups in total. The van der Waals surface area contributed by atoms with E-state index in [1.165, 1.54) is 4.31 Å². The highest BCUT2D eigenvalue weighted by atomic mass is 35.5. The lowest BCUT2D eigenvalue weighted by molar-refractivity contribution is -0.126. The number of nitrogens with one attached hydrogen (secondary N) is 1. The summed E-state index contributed by atoms with van der Waals surface area (Å²) in [4.78, 5) is 15.3. The van der Waals surface area contributed by atoms with Gasteiger partial charge < -0.3 is 10.2 Å². The summed E-state index contributed by atoms with van der Waals surface area (Å²) in [6.07, 6.45) is 1.02. The summed E-state index contributed by atoms with van der Waals surface area (Å²) >= 11 is 6.37. The Bertz CT molecular complexity index is 1090. The smallest absolute Gasteiger partial charge is 0.243 e. The largest absolute Gasteiger partial charge is 0.354 e. The highest BCUT2D eigenvalue weighted by Gasteiger charge is 2.34. The van der Waals surface area contributed by atoms with Crippen LogP contribution in [0.2, 0.25) is 5.02 Å². The summed E-state index contributed by atoms with van der Waals surface area (Å²) in [5.41, 5.74) is 3.55. The molecule has 0 bridgehead atoms. The predicted molar refractivity (Wildman–Crippen MR) is 133 cm³/mol. The van der Waals surface area contributed by atoms with E-state index in [0.717, 1.165) is 22.3 Å². The molecule has 0 saturated carbocycles. The summed E-state index contributed by atoms with van der Waals surface area (Å²) in [6, 6.07) is 11.4. The van der Waals surface area contributed by atoms with Gasteiger partial charge in [0.2, 0.25) is 15.9 Å². The van der Waals surface area contributed by atoms with E-state index >= 15 is 0 Å². The lowest BCUT2D eigenvalue weighted by atomic mass is 9.97. The zero-order chi connectivity index (χ0) is 24.3. The zero-order valence-electron chi connectivity index (χ0n) is 20.1. The third-order valence-corrected chi connectivity index (χ3v) is 8.93. The van der Waals surface area contributed by atoms with Crippen LogP contribution in [0.15, 0.2) is 41.3 Å². The van der Waals surface area contributed by atoms with Gasteiger partial charge in [-0.2, -0.15) is 4.31 Å². The molecule has 2 aromatic carbocycles. The van der Waals surface area contributed by atoms with Gasteiger partial charge in [-0.25, -0.2) is 8.42 Å². The Labute approximate surface area is 203 Å². The Morgan fingerprint density at radius 3 is 2.24 bits per heavy atom. The van der Waals surface area contributed by atoms with Crippen molar-refractivity contribution < 1.29 is 13.2 Å². The summed E-state index contributed by atoms with van der Waals surface area (Å²) in [7, 11) is 0.327. The number of nitrogens with zero attached hydrogens (tertiary/aromatic N) is 2. The molecule has 1 amide bonds. The first kappa shape index (κ1) is 25.7. The minimum atomic E-state index is -3.59. The second kappa shape index (κ2) is 10.6. The number of hydrogen-bond acceptors (Lipinski definition) is 4. The Hall–Kier alpha value is -1.93. The molecule has 0 radical (unpaired) electrons. The minimum absolute atomic E-state index is 0.0337. The van der Waals surface area contributed by atoms with Crippen LogP contribution >= 0.6 is 11.6 Å². The maximum Gasteiger partial charge on any atom is 0.243 e. The van der Waals surface area contributed by atoms with Crippen LogP contribution in [-0.4, -0.2) is 57.3 Å². The van der Waals surface area contributed by atoms with Crippen molar-refractivity contribution in [1.82, 2.24) is 14.5 Å². The van der Waals surface area contributed by atoms with Gasteiger partial charge >= 0.3 is 0 Å². The Morgan fingerprint density at radius 2 is 1.70 bits per heavy atom. The summed E-state index contributed by atoms with van der Waals surface area (Å²) in [5.74, 6) is -0.237. The van der Waals surface area contributed by atoms with E-state index in [9.17, 15) is 13.2 Å². The van der Waals surface area contributed by atoms with Crippen LogP contribution in [-0.2, 0) is 14.8 Å². The number of halogens is 1. The molecule has 1 atom stereocenters. The van der Waals surface area contributed by atoms with Gasteiger partial charge in [-0.05, 0) is 70.5 Å². The van der Waals surface area contributed by atoms with Gasteiger partial charge in [0.15, 0.2) is 0 Å². The number of benzene rings is 2. The molecule has 1 saturated heterocycles. The van der Waals surface area contributed by atoms with E-state index < -0.39 is 10.0 Å². The molecule has 1 fully saturated rings. The van der Waals surface area contributed by atoms with Gasteiger partial charge in [0.25, 0.3) is 0 Å². The van der Waals surface area contributed by atoms with Crippen LogP contribution in [0.1, 0.15) is 41.1 Å². The number of likely N-dealkylation sites (N-methyl/N-ethyl adjacent to an activating group) is 1. The van der Waals surface area contributed by atoms with E-state index in [2.05, 4.69) is 5.32 Å². The van der Waals surface area contributed by atoms with Crippen molar-refractivity contribution in [3.63, 3.8) is 0 Å². The fourth-order valence-electron chi connectivity index (χ4n) is 4.72. The number of piperidine rings is 1. The molecule has 1 aliphatic heterocycles. The van der Waals surface area contributed by atoms with Gasteiger partial charge in [0.1, 0.15) is 0 Å². The lowest BCUT2D eigenvalue weighted by Gasteiger charge is -2.32. The van der Waals surface area contributed by atoms with Crippen LogP contribution in [0.25, 0.3) is 0 Å². The van der Waals surface area contributed by atoms with Crippen LogP contribution in [0, 0.1) is 26.7 Å². The molecular weight excluding hydrogens is 458 g/mol. The number of rotatable bonds is 7. The molecule has 3 rings (SSSR count). The molecule has 180 valence electrons. The van der Waals surface area contributed by atoms with Crippen molar-refractivity contribution in [3.05, 3.63) is 63.7 Å². The topological polar surface area (TPSA) is 69.7 Å². The molecule has 0 aromatic heterocycles. The number of carbonyl (C=O) groups is 1. The quantitative estimate of drug-likeness (QED) is 0.633. The fourth-order valence-corrected chi connectivity index (χ4v) is 6.86. The third-order valence-electron chi connectivity index (χ3n) is 6.38. The van der Waals surface area contributed by atoms with Gasteiger partial charge in [0.05, 0.1) is 10.9 Å².